The van der Waals surface area contributed by atoms with Crippen molar-refractivity contribution < 1.29 is 10.7 Å². The maximum absolute atomic E-state index is 8.69. The molecule has 0 aromatic carbocycles. The Balaban J connectivity index is 2.84. The fourth-order valence-corrected chi connectivity index (χ4v) is 0.823. The van der Waals surface area contributed by atoms with E-state index in [1.54, 1.807) is 12.3 Å². The number of H-pyrrole nitrogens is 1. The van der Waals surface area contributed by atoms with E-state index in [1.807, 2.05) is 18.2 Å². The Morgan fingerprint density at radius 2 is 2.45 bits per heavy atom. The summed E-state index contributed by atoms with van der Waals surface area (Å²) in [5.74, 6) is 0.711. The molecule has 1 aromatic heterocycles. The lowest BCUT2D eigenvalue weighted by molar-refractivity contribution is -0.828. The second-order valence-electron chi connectivity index (χ2n) is 2.07. The Morgan fingerprint density at radius 1 is 1.64 bits per heavy atom. The van der Waals surface area contributed by atoms with Gasteiger partial charge in [0.25, 0.3) is 0 Å². The van der Waals surface area contributed by atoms with Crippen LogP contribution in [0.5, 0.6) is 0 Å². The van der Waals surface area contributed by atoms with Gasteiger partial charge in [0, 0.05) is 6.20 Å². The van der Waals surface area contributed by atoms with Gasteiger partial charge in [0.05, 0.1) is 5.56 Å². The molecule has 58 valence electrons. The van der Waals surface area contributed by atoms with Crippen molar-refractivity contribution in [2.24, 2.45) is 0 Å². The van der Waals surface area contributed by atoms with Crippen molar-refractivity contribution >= 4 is 11.9 Å². The highest BCUT2D eigenvalue weighted by molar-refractivity contribution is 5.58. The molecular formula is C8H11N2O+. The van der Waals surface area contributed by atoms with Crippen molar-refractivity contribution in [1.82, 2.24) is 4.98 Å². The highest BCUT2D eigenvalue weighted by atomic mass is 16.5. The number of nitrogens with two attached hydrogens (primary N) is 1. The lowest BCUT2D eigenvalue weighted by atomic mass is 10.3. The summed E-state index contributed by atoms with van der Waals surface area (Å²) in [4.78, 5) is 2.87. The molecular weight excluding hydrogens is 140 g/mol. The maximum Gasteiger partial charge on any atom is 0.242 e. The molecule has 0 amide bonds. The summed E-state index contributed by atoms with van der Waals surface area (Å²) in [6.45, 7) is 3.55. The van der Waals surface area contributed by atoms with Gasteiger partial charge in [-0.25, -0.2) is 5.21 Å². The molecule has 11 heavy (non-hydrogen) atoms. The van der Waals surface area contributed by atoms with Crippen LogP contribution in [0.15, 0.2) is 31.0 Å². The normalized spacial score (nSPS) is 10.6. The Bertz CT molecular complexity index is 263. The monoisotopic (exact) mass is 151 g/mol. The fraction of sp³-hybridized carbons (Fsp3) is 0. The first-order valence-electron chi connectivity index (χ1n) is 3.32. The van der Waals surface area contributed by atoms with Crippen LogP contribution in [-0.4, -0.2) is 10.2 Å². The van der Waals surface area contributed by atoms with Crippen molar-refractivity contribution in [3.05, 3.63) is 36.6 Å². The number of aromatic nitrogens is 1. The number of allylic oxidation sites excluding steroid dienone is 2. The number of nitrogens with one attached hydrogen (secondary N) is 1. The minimum atomic E-state index is 0.711. The van der Waals surface area contributed by atoms with E-state index in [0.29, 0.717) is 5.82 Å². The van der Waals surface area contributed by atoms with Gasteiger partial charge in [-0.05, 0) is 12.1 Å². The zero-order valence-corrected chi connectivity index (χ0v) is 6.12. The zero-order valence-electron chi connectivity index (χ0n) is 6.12. The molecule has 0 aliphatic carbocycles. The molecule has 0 bridgehead atoms. The van der Waals surface area contributed by atoms with Gasteiger partial charge in [0.15, 0.2) is 0 Å². The third-order valence-corrected chi connectivity index (χ3v) is 1.35. The molecule has 3 nitrogen and oxygen atoms in total. The number of quaternary nitrogens is 1. The summed E-state index contributed by atoms with van der Waals surface area (Å²) in [6, 6.07) is 1.88. The lowest BCUT2D eigenvalue weighted by Crippen LogP contribution is -2.74. The van der Waals surface area contributed by atoms with Gasteiger partial charge in [0.1, 0.15) is 0 Å². The summed E-state index contributed by atoms with van der Waals surface area (Å²) in [7, 11) is 0. The first-order chi connectivity index (χ1) is 5.38. The molecule has 0 atom stereocenters. The lowest BCUT2D eigenvalue weighted by Gasteiger charge is -1.87. The van der Waals surface area contributed by atoms with E-state index in [1.165, 1.54) is 0 Å². The van der Waals surface area contributed by atoms with E-state index >= 15 is 0 Å². The van der Waals surface area contributed by atoms with Crippen LogP contribution in [0, 0.1) is 0 Å². The predicted octanol–water partition coefficient (Wildman–Crippen LogP) is 0.798. The van der Waals surface area contributed by atoms with Crippen molar-refractivity contribution in [2.45, 2.75) is 0 Å². The van der Waals surface area contributed by atoms with Crippen molar-refractivity contribution in [2.75, 3.05) is 0 Å². The first kappa shape index (κ1) is 7.78. The van der Waals surface area contributed by atoms with E-state index in [-0.39, 0.29) is 0 Å². The van der Waals surface area contributed by atoms with Crippen LogP contribution in [0.2, 0.25) is 0 Å². The Morgan fingerprint density at radius 3 is 3.09 bits per heavy atom. The molecule has 1 aromatic rings. The molecule has 0 saturated heterocycles. The van der Waals surface area contributed by atoms with Crippen LogP contribution in [0.25, 0.3) is 6.08 Å². The van der Waals surface area contributed by atoms with E-state index in [4.69, 9.17) is 5.21 Å². The number of rotatable bonds is 3. The smallest absolute Gasteiger partial charge is 0.242 e. The Kier molecular flexibility index (Phi) is 2.66. The van der Waals surface area contributed by atoms with Crippen molar-refractivity contribution in [3.63, 3.8) is 0 Å². The molecule has 0 saturated carbocycles. The fourth-order valence-electron chi connectivity index (χ4n) is 0.823. The van der Waals surface area contributed by atoms with Gasteiger partial charge in [-0.2, -0.15) is 5.48 Å². The standard InChI is InChI=1S/C8H10N2O/c1-2-3-4-7-5-6-9-8(7)10-11/h2-6,9-11H,1H2/p+1. The Labute approximate surface area is 65.0 Å². The number of hydrogen-bond acceptors (Lipinski definition) is 1. The summed E-state index contributed by atoms with van der Waals surface area (Å²) >= 11 is 0. The van der Waals surface area contributed by atoms with E-state index in [2.05, 4.69) is 11.6 Å². The van der Waals surface area contributed by atoms with Crippen LogP contribution >= 0.6 is 0 Å². The molecule has 4 N–H and O–H groups in total. The van der Waals surface area contributed by atoms with Crippen LogP contribution in [0.4, 0.5) is 5.82 Å². The highest BCUT2D eigenvalue weighted by Crippen LogP contribution is 2.08. The van der Waals surface area contributed by atoms with Gasteiger partial charge in [-0.15, -0.1) is 0 Å². The Hall–Kier alpha value is -1.32. The highest BCUT2D eigenvalue weighted by Gasteiger charge is 2.00. The largest absolute Gasteiger partial charge is 0.315 e. The zero-order chi connectivity index (χ0) is 8.10. The van der Waals surface area contributed by atoms with Crippen LogP contribution in [-0.2, 0) is 0 Å². The molecule has 0 radical (unpaired) electrons. The first-order valence-corrected chi connectivity index (χ1v) is 3.32. The second kappa shape index (κ2) is 3.75. The van der Waals surface area contributed by atoms with Crippen LogP contribution < -0.4 is 5.48 Å². The van der Waals surface area contributed by atoms with Gasteiger partial charge in [-0.3, -0.25) is 0 Å². The van der Waals surface area contributed by atoms with Crippen LogP contribution in [0.3, 0.4) is 0 Å². The number of hydrogen-bond donors (Lipinski definition) is 3. The minimum Gasteiger partial charge on any atom is -0.315 e. The van der Waals surface area contributed by atoms with Crippen molar-refractivity contribution in [3.8, 4) is 0 Å². The third-order valence-electron chi connectivity index (χ3n) is 1.35. The summed E-state index contributed by atoms with van der Waals surface area (Å²) in [5, 5.41) is 8.69. The second-order valence-corrected chi connectivity index (χ2v) is 2.07. The molecule has 0 aliphatic heterocycles. The van der Waals surface area contributed by atoms with Gasteiger partial charge in [-0.1, -0.05) is 18.7 Å². The summed E-state index contributed by atoms with van der Waals surface area (Å²) < 4.78 is 0. The van der Waals surface area contributed by atoms with E-state index < -0.39 is 0 Å². The average molecular weight is 151 g/mol. The topological polar surface area (TPSA) is 52.6 Å². The molecule has 0 aliphatic rings. The van der Waals surface area contributed by atoms with Crippen LogP contribution in [0.1, 0.15) is 5.56 Å². The predicted molar refractivity (Wildman–Crippen MR) is 43.4 cm³/mol. The van der Waals surface area contributed by atoms with Gasteiger partial charge in [0.2, 0.25) is 5.82 Å². The molecule has 0 fully saturated rings. The molecule has 1 rings (SSSR count). The summed E-state index contributed by atoms with van der Waals surface area (Å²) in [5.41, 5.74) is 2.00. The third kappa shape index (κ3) is 1.80. The molecule has 0 spiro atoms. The quantitative estimate of drug-likeness (QED) is 0.434. The minimum absolute atomic E-state index is 0.711. The van der Waals surface area contributed by atoms with Gasteiger partial charge >= 0.3 is 0 Å². The van der Waals surface area contributed by atoms with Crippen molar-refractivity contribution in [1.29, 1.82) is 0 Å². The maximum atomic E-state index is 8.69. The number of aromatic amines is 1. The summed E-state index contributed by atoms with van der Waals surface area (Å²) in [6.07, 6.45) is 7.14. The van der Waals surface area contributed by atoms with Gasteiger partial charge < -0.3 is 4.98 Å². The SMILES string of the molecule is C=CC=Cc1cc[nH]c1[NH2+]O. The average Bonchev–Trinajstić information content (AvgIpc) is 2.47. The van der Waals surface area contributed by atoms with E-state index in [9.17, 15) is 0 Å². The molecule has 0 unspecified atom stereocenters. The molecule has 1 heterocycles. The molecule has 3 heteroatoms. The van der Waals surface area contributed by atoms with E-state index in [0.717, 1.165) is 11.0 Å².